The molecule has 0 unspecified atom stereocenters. The highest BCUT2D eigenvalue weighted by molar-refractivity contribution is 5.74. The Morgan fingerprint density at radius 2 is 1.71 bits per heavy atom. The lowest BCUT2D eigenvalue weighted by molar-refractivity contribution is 0.300. The van der Waals surface area contributed by atoms with Gasteiger partial charge in [0, 0.05) is 13.1 Å². The number of ether oxygens (including phenoxy) is 1. The molecule has 0 atom stereocenters. The Labute approximate surface area is 129 Å². The van der Waals surface area contributed by atoms with Crippen LogP contribution in [0.4, 0.5) is 11.4 Å². The second-order valence-electron chi connectivity index (χ2n) is 5.08. The number of hydrogen-bond donors (Lipinski definition) is 1. The monoisotopic (exact) mass is 293 g/mol. The molecular formula is C17H31N3O. The number of anilines is 2. The van der Waals surface area contributed by atoms with E-state index in [1.165, 1.54) is 0 Å². The minimum absolute atomic E-state index is 0.641. The molecule has 1 aromatic carbocycles. The number of hydrogen-bond acceptors (Lipinski definition) is 4. The van der Waals surface area contributed by atoms with Crippen molar-refractivity contribution in [2.75, 3.05) is 50.0 Å². The third-order valence-corrected chi connectivity index (χ3v) is 3.86. The minimum Gasteiger partial charge on any atom is -0.492 e. The van der Waals surface area contributed by atoms with Crippen molar-refractivity contribution in [3.05, 3.63) is 18.2 Å². The van der Waals surface area contributed by atoms with Crippen molar-refractivity contribution in [2.45, 2.75) is 34.1 Å². The number of benzene rings is 1. The van der Waals surface area contributed by atoms with Gasteiger partial charge < -0.3 is 20.3 Å². The van der Waals surface area contributed by atoms with Crippen LogP contribution in [0.5, 0.6) is 5.75 Å². The number of rotatable bonds is 10. The molecule has 0 amide bonds. The van der Waals surface area contributed by atoms with Crippen LogP contribution < -0.4 is 15.4 Å². The summed E-state index contributed by atoms with van der Waals surface area (Å²) < 4.78 is 5.59. The summed E-state index contributed by atoms with van der Waals surface area (Å²) in [4.78, 5) is 4.79. The van der Waals surface area contributed by atoms with Gasteiger partial charge in [0.05, 0.1) is 18.0 Å². The maximum atomic E-state index is 6.25. The van der Waals surface area contributed by atoms with E-state index in [9.17, 15) is 0 Å². The Morgan fingerprint density at radius 3 is 2.29 bits per heavy atom. The smallest absolute Gasteiger partial charge is 0.144 e. The zero-order valence-electron chi connectivity index (χ0n) is 14.1. The van der Waals surface area contributed by atoms with Crippen LogP contribution in [0.25, 0.3) is 0 Å². The van der Waals surface area contributed by atoms with Gasteiger partial charge in [0.25, 0.3) is 0 Å². The van der Waals surface area contributed by atoms with Crippen LogP contribution in [-0.4, -0.2) is 44.2 Å². The second kappa shape index (κ2) is 9.50. The molecule has 0 saturated carbocycles. The molecular weight excluding hydrogens is 262 g/mol. The highest BCUT2D eigenvalue weighted by Gasteiger charge is 2.12. The van der Waals surface area contributed by atoms with Crippen LogP contribution in [0.15, 0.2) is 18.2 Å². The van der Waals surface area contributed by atoms with Crippen molar-refractivity contribution in [2.24, 2.45) is 0 Å². The van der Waals surface area contributed by atoms with Gasteiger partial charge in [-0.15, -0.1) is 0 Å². The van der Waals surface area contributed by atoms with Crippen molar-refractivity contribution >= 4 is 11.4 Å². The molecule has 1 rings (SSSR count). The summed E-state index contributed by atoms with van der Waals surface area (Å²) in [5.74, 6) is 0.789. The van der Waals surface area contributed by atoms with E-state index in [1.54, 1.807) is 0 Å². The molecule has 0 heterocycles. The average Bonchev–Trinajstić information content (AvgIpc) is 2.51. The standard InChI is InChI=1S/C17H31N3O/c1-5-19(6-2)13-10-14-20(7-3)15-11-9-12-16(17(15)18)21-8-4/h9,11-12H,5-8,10,13-14,18H2,1-4H3. The van der Waals surface area contributed by atoms with Crippen LogP contribution in [0.3, 0.4) is 0 Å². The molecule has 0 saturated heterocycles. The molecule has 0 fully saturated rings. The highest BCUT2D eigenvalue weighted by atomic mass is 16.5. The van der Waals surface area contributed by atoms with Gasteiger partial charge in [-0.25, -0.2) is 0 Å². The molecule has 21 heavy (non-hydrogen) atoms. The first-order valence-electron chi connectivity index (χ1n) is 8.16. The fraction of sp³-hybridized carbons (Fsp3) is 0.647. The van der Waals surface area contributed by atoms with Gasteiger partial charge in [-0.2, -0.15) is 0 Å². The van der Waals surface area contributed by atoms with Crippen LogP contribution in [0.2, 0.25) is 0 Å². The molecule has 120 valence electrons. The predicted octanol–water partition coefficient (Wildman–Crippen LogP) is 3.23. The Balaban J connectivity index is 2.69. The molecule has 0 aliphatic heterocycles. The van der Waals surface area contributed by atoms with Gasteiger partial charge in [-0.3, -0.25) is 0 Å². The van der Waals surface area contributed by atoms with Gasteiger partial charge in [0.1, 0.15) is 5.75 Å². The van der Waals surface area contributed by atoms with Crippen molar-refractivity contribution in [1.82, 2.24) is 4.90 Å². The summed E-state index contributed by atoms with van der Waals surface area (Å²) in [5, 5.41) is 0. The normalized spacial score (nSPS) is 10.9. The summed E-state index contributed by atoms with van der Waals surface area (Å²) in [5.41, 5.74) is 8.09. The van der Waals surface area contributed by atoms with E-state index in [1.807, 2.05) is 19.1 Å². The lowest BCUT2D eigenvalue weighted by Gasteiger charge is -2.27. The van der Waals surface area contributed by atoms with Crippen LogP contribution in [0, 0.1) is 0 Å². The Hall–Kier alpha value is -1.42. The quantitative estimate of drug-likeness (QED) is 0.673. The lowest BCUT2D eigenvalue weighted by Crippen LogP contribution is -2.30. The average molecular weight is 293 g/mol. The largest absolute Gasteiger partial charge is 0.492 e. The maximum Gasteiger partial charge on any atom is 0.144 e. The van der Waals surface area contributed by atoms with E-state index >= 15 is 0 Å². The van der Waals surface area contributed by atoms with E-state index in [-0.39, 0.29) is 0 Å². The lowest BCUT2D eigenvalue weighted by atomic mass is 10.2. The number of nitrogens with zero attached hydrogens (tertiary/aromatic N) is 2. The number of nitrogens with two attached hydrogens (primary N) is 1. The number of nitrogen functional groups attached to an aromatic ring is 1. The molecule has 0 spiro atoms. The van der Waals surface area contributed by atoms with Crippen LogP contribution in [0.1, 0.15) is 34.1 Å². The van der Waals surface area contributed by atoms with Crippen molar-refractivity contribution in [1.29, 1.82) is 0 Å². The second-order valence-corrected chi connectivity index (χ2v) is 5.08. The Bertz CT molecular complexity index is 405. The fourth-order valence-corrected chi connectivity index (χ4v) is 2.56. The summed E-state index contributed by atoms with van der Waals surface area (Å²) in [6.07, 6.45) is 1.15. The van der Waals surface area contributed by atoms with E-state index < -0.39 is 0 Å². The first-order chi connectivity index (χ1) is 10.2. The fourth-order valence-electron chi connectivity index (χ4n) is 2.56. The van der Waals surface area contributed by atoms with Crippen molar-refractivity contribution < 1.29 is 4.74 Å². The Kier molecular flexibility index (Phi) is 7.98. The molecule has 1 aromatic rings. The SMILES string of the molecule is CCOc1cccc(N(CC)CCCN(CC)CC)c1N. The predicted molar refractivity (Wildman–Crippen MR) is 92.3 cm³/mol. The summed E-state index contributed by atoms with van der Waals surface area (Å²) >= 11 is 0. The summed E-state index contributed by atoms with van der Waals surface area (Å²) in [7, 11) is 0. The molecule has 0 aliphatic rings. The van der Waals surface area contributed by atoms with Crippen molar-refractivity contribution in [3.8, 4) is 5.75 Å². The van der Waals surface area contributed by atoms with E-state index in [0.29, 0.717) is 6.61 Å². The molecule has 0 radical (unpaired) electrons. The zero-order chi connectivity index (χ0) is 15.7. The third-order valence-electron chi connectivity index (χ3n) is 3.86. The topological polar surface area (TPSA) is 41.7 Å². The van der Waals surface area contributed by atoms with E-state index in [2.05, 4.69) is 36.6 Å². The summed E-state index contributed by atoms with van der Waals surface area (Å²) in [6.45, 7) is 14.6. The first kappa shape index (κ1) is 17.6. The summed E-state index contributed by atoms with van der Waals surface area (Å²) in [6, 6.07) is 6.04. The molecule has 0 bridgehead atoms. The molecule has 2 N–H and O–H groups in total. The molecule has 4 heteroatoms. The van der Waals surface area contributed by atoms with Gasteiger partial charge in [-0.05, 0) is 52.0 Å². The minimum atomic E-state index is 0.641. The van der Waals surface area contributed by atoms with E-state index in [4.69, 9.17) is 10.5 Å². The van der Waals surface area contributed by atoms with Gasteiger partial charge in [-0.1, -0.05) is 19.9 Å². The highest BCUT2D eigenvalue weighted by Crippen LogP contribution is 2.32. The van der Waals surface area contributed by atoms with Gasteiger partial charge >= 0.3 is 0 Å². The van der Waals surface area contributed by atoms with Gasteiger partial charge in [0.2, 0.25) is 0 Å². The van der Waals surface area contributed by atoms with E-state index in [0.717, 1.165) is 56.3 Å². The Morgan fingerprint density at radius 1 is 1.00 bits per heavy atom. The molecule has 0 aromatic heterocycles. The maximum absolute atomic E-state index is 6.25. The molecule has 0 aliphatic carbocycles. The van der Waals surface area contributed by atoms with Gasteiger partial charge in [0.15, 0.2) is 0 Å². The third kappa shape index (κ3) is 5.12. The molecule has 4 nitrogen and oxygen atoms in total. The van der Waals surface area contributed by atoms with Crippen molar-refractivity contribution in [3.63, 3.8) is 0 Å². The number of para-hydroxylation sites is 1. The first-order valence-corrected chi connectivity index (χ1v) is 8.16. The zero-order valence-corrected chi connectivity index (χ0v) is 14.1. The van der Waals surface area contributed by atoms with Crippen LogP contribution in [-0.2, 0) is 0 Å². The van der Waals surface area contributed by atoms with Crippen LogP contribution >= 0.6 is 0 Å².